The van der Waals surface area contributed by atoms with Crippen LogP contribution in [-0.4, -0.2) is 23.8 Å². The van der Waals surface area contributed by atoms with Gasteiger partial charge in [-0.05, 0) is 106 Å². The highest BCUT2D eigenvalue weighted by atomic mass is 16.5. The third kappa shape index (κ3) is 5.79. The van der Waals surface area contributed by atoms with E-state index in [9.17, 15) is 0 Å². The second-order valence-corrected chi connectivity index (χ2v) is 17.3. The van der Waals surface area contributed by atoms with E-state index < -0.39 is 0 Å². The van der Waals surface area contributed by atoms with Crippen molar-refractivity contribution in [1.29, 1.82) is 0 Å². The van der Waals surface area contributed by atoms with E-state index in [1.54, 1.807) is 0 Å². The minimum atomic E-state index is 0.349. The molecule has 0 radical (unpaired) electrons. The van der Waals surface area contributed by atoms with Crippen LogP contribution in [0.15, 0.2) is 128 Å². The molecule has 0 saturated carbocycles. The molecule has 6 nitrogen and oxygen atoms in total. The minimum absolute atomic E-state index is 0.349. The van der Waals surface area contributed by atoms with Crippen LogP contribution in [0.4, 0.5) is 0 Å². The Kier molecular flexibility index (Phi) is 8.78. The third-order valence-electron chi connectivity index (χ3n) is 12.2. The number of fused-ring (bicyclic) bond motifs is 12. The van der Waals surface area contributed by atoms with Crippen molar-refractivity contribution in [3.05, 3.63) is 150 Å². The summed E-state index contributed by atoms with van der Waals surface area (Å²) in [5.41, 5.74) is 14.9. The molecule has 5 aromatic carbocycles. The van der Waals surface area contributed by atoms with Crippen LogP contribution in [0.2, 0.25) is 0 Å². The first-order chi connectivity index (χ1) is 28.6. The molecule has 0 amide bonds. The van der Waals surface area contributed by atoms with Gasteiger partial charge in [-0.15, -0.1) is 0 Å². The molecular weight excluding hydrogens is 723 g/mol. The second kappa shape index (κ2) is 14.1. The van der Waals surface area contributed by atoms with Gasteiger partial charge >= 0.3 is 0 Å². The number of hydrogen-bond acceptors (Lipinski definition) is 4. The molecule has 0 atom stereocenters. The number of pyridine rings is 3. The highest BCUT2D eigenvalue weighted by molar-refractivity contribution is 6.13. The van der Waals surface area contributed by atoms with Gasteiger partial charge in [0.05, 0.1) is 40.3 Å². The molecule has 0 aliphatic carbocycles. The zero-order valence-electron chi connectivity index (χ0n) is 35.1. The van der Waals surface area contributed by atoms with Gasteiger partial charge in [-0.3, -0.25) is 13.8 Å². The summed E-state index contributed by atoms with van der Waals surface area (Å²) in [4.78, 5) is 15.3. The lowest BCUT2D eigenvalue weighted by atomic mass is 9.87. The molecule has 5 aromatic heterocycles. The molecule has 292 valence electrons. The number of ether oxygens (including phenoxy) is 1. The SMILES string of the molecule is CC(C)c1cccc(C(C)C)c1-c1cnc2c3cc(Oc4ccc5c(c4)c4ncc(-c6c(C(C)C)cccc6C(C)C)n4c4cccnc54)ccc3c3ccccc3n12. The number of aromatic nitrogens is 5. The smallest absolute Gasteiger partial charge is 0.145 e. The summed E-state index contributed by atoms with van der Waals surface area (Å²) in [5.74, 6) is 2.90. The zero-order chi connectivity index (χ0) is 40.7. The van der Waals surface area contributed by atoms with Crippen LogP contribution in [-0.2, 0) is 0 Å². The highest BCUT2D eigenvalue weighted by Gasteiger charge is 2.24. The Hall–Kier alpha value is -6.53. The van der Waals surface area contributed by atoms with Crippen LogP contribution >= 0.6 is 0 Å². The lowest BCUT2D eigenvalue weighted by Crippen LogP contribution is -2.03. The molecule has 0 bridgehead atoms. The number of imidazole rings is 2. The maximum Gasteiger partial charge on any atom is 0.145 e. The monoisotopic (exact) mass is 771 g/mol. The highest BCUT2D eigenvalue weighted by Crippen LogP contribution is 2.43. The van der Waals surface area contributed by atoms with E-state index >= 15 is 0 Å². The fraction of sp³-hybridized carbons (Fsp3) is 0.226. The Morgan fingerprint density at radius 3 is 1.44 bits per heavy atom. The van der Waals surface area contributed by atoms with E-state index in [-0.39, 0.29) is 0 Å². The van der Waals surface area contributed by atoms with Crippen LogP contribution < -0.4 is 4.74 Å². The number of para-hydroxylation sites is 1. The van der Waals surface area contributed by atoms with Crippen LogP contribution in [0, 0.1) is 0 Å². The number of benzene rings is 5. The molecule has 6 heteroatoms. The normalized spacial score (nSPS) is 12.3. The Morgan fingerprint density at radius 2 is 0.898 bits per heavy atom. The van der Waals surface area contributed by atoms with Gasteiger partial charge in [-0.1, -0.05) is 110 Å². The molecule has 10 aromatic rings. The molecular formula is C53H49N5O. The topological polar surface area (TPSA) is 56.7 Å². The van der Waals surface area contributed by atoms with Crippen molar-refractivity contribution >= 4 is 54.8 Å². The lowest BCUT2D eigenvalue weighted by Gasteiger charge is -2.20. The summed E-state index contributed by atoms with van der Waals surface area (Å²) in [6.07, 6.45) is 5.99. The molecule has 0 saturated heterocycles. The number of rotatable bonds is 8. The van der Waals surface area contributed by atoms with Gasteiger partial charge in [-0.2, -0.15) is 0 Å². The van der Waals surface area contributed by atoms with E-state index in [4.69, 9.17) is 19.7 Å². The Morgan fingerprint density at radius 1 is 0.424 bits per heavy atom. The fourth-order valence-electron chi connectivity index (χ4n) is 9.42. The average molecular weight is 772 g/mol. The first-order valence-corrected chi connectivity index (χ1v) is 21.0. The maximum absolute atomic E-state index is 6.81. The molecule has 0 fully saturated rings. The van der Waals surface area contributed by atoms with Crippen LogP contribution in [0.5, 0.6) is 11.5 Å². The minimum Gasteiger partial charge on any atom is -0.457 e. The maximum atomic E-state index is 6.81. The fourth-order valence-corrected chi connectivity index (χ4v) is 9.42. The third-order valence-corrected chi connectivity index (χ3v) is 12.2. The summed E-state index contributed by atoms with van der Waals surface area (Å²) < 4.78 is 11.5. The Balaban J connectivity index is 1.15. The summed E-state index contributed by atoms with van der Waals surface area (Å²) in [7, 11) is 0. The first kappa shape index (κ1) is 36.8. The van der Waals surface area contributed by atoms with Crippen LogP contribution in [0.1, 0.15) is 101 Å². The van der Waals surface area contributed by atoms with Crippen LogP contribution in [0.3, 0.4) is 0 Å². The van der Waals surface area contributed by atoms with Crippen molar-refractivity contribution in [3.63, 3.8) is 0 Å². The number of hydrogen-bond donors (Lipinski definition) is 0. The number of nitrogens with zero attached hydrogens (tertiary/aromatic N) is 5. The van der Waals surface area contributed by atoms with Gasteiger partial charge in [0.2, 0.25) is 0 Å². The Bertz CT molecular complexity index is 3000. The molecule has 59 heavy (non-hydrogen) atoms. The van der Waals surface area contributed by atoms with Crippen LogP contribution in [0.25, 0.3) is 77.3 Å². The quantitative estimate of drug-likeness (QED) is 0.144. The molecule has 10 rings (SSSR count). The van der Waals surface area contributed by atoms with Crippen molar-refractivity contribution in [3.8, 4) is 34.0 Å². The molecule has 0 aliphatic rings. The van der Waals surface area contributed by atoms with E-state index in [0.717, 1.165) is 72.3 Å². The first-order valence-electron chi connectivity index (χ1n) is 21.0. The summed E-state index contributed by atoms with van der Waals surface area (Å²) in [5, 5.41) is 5.39. The van der Waals surface area contributed by atoms with Gasteiger partial charge in [-0.25, -0.2) is 9.97 Å². The van der Waals surface area contributed by atoms with Gasteiger partial charge in [0, 0.05) is 38.9 Å². The summed E-state index contributed by atoms with van der Waals surface area (Å²) in [6.45, 7) is 18.2. The molecule has 0 unspecified atom stereocenters. The van der Waals surface area contributed by atoms with Gasteiger partial charge in [0.1, 0.15) is 22.8 Å². The van der Waals surface area contributed by atoms with Gasteiger partial charge < -0.3 is 4.74 Å². The van der Waals surface area contributed by atoms with Crippen molar-refractivity contribution in [1.82, 2.24) is 23.8 Å². The van der Waals surface area contributed by atoms with Crippen molar-refractivity contribution in [2.75, 3.05) is 0 Å². The second-order valence-electron chi connectivity index (χ2n) is 17.3. The lowest BCUT2D eigenvalue weighted by molar-refractivity contribution is 0.484. The molecule has 0 N–H and O–H groups in total. The van der Waals surface area contributed by atoms with Crippen molar-refractivity contribution in [2.45, 2.75) is 79.1 Å². The summed E-state index contributed by atoms with van der Waals surface area (Å²) >= 11 is 0. The standard InChI is InChI=1S/C53H49N5O/c1-30(2)36-15-11-16-37(31(3)4)49(36)47-28-55-52-43-26-34(21-23-40(43)41-14-9-10-19-45(41)57(47)52)59-35-22-24-42-44(27-35)53-56-29-48(58(53)46-20-13-25-54-51(42)46)50-38(32(5)6)17-12-18-39(50)33(7)8/h9-33H,1-8H3. The predicted molar refractivity (Wildman–Crippen MR) is 246 cm³/mol. The zero-order valence-corrected chi connectivity index (χ0v) is 35.1. The Labute approximate surface area is 345 Å². The summed E-state index contributed by atoms with van der Waals surface area (Å²) in [6, 6.07) is 39.0. The van der Waals surface area contributed by atoms with E-state index in [0.29, 0.717) is 23.7 Å². The average Bonchev–Trinajstić information content (AvgIpc) is 3.89. The van der Waals surface area contributed by atoms with Crippen molar-refractivity contribution in [2.24, 2.45) is 0 Å². The van der Waals surface area contributed by atoms with E-state index in [1.165, 1.54) is 38.8 Å². The van der Waals surface area contributed by atoms with Gasteiger partial charge in [0.15, 0.2) is 0 Å². The van der Waals surface area contributed by atoms with E-state index in [1.807, 2.05) is 24.5 Å². The van der Waals surface area contributed by atoms with Crippen molar-refractivity contribution < 1.29 is 4.74 Å². The predicted octanol–water partition coefficient (Wildman–Crippen LogP) is 14.6. The molecule has 0 spiro atoms. The largest absolute Gasteiger partial charge is 0.457 e. The molecule has 5 heterocycles. The van der Waals surface area contributed by atoms with Gasteiger partial charge in [0.25, 0.3) is 0 Å². The van der Waals surface area contributed by atoms with E-state index in [2.05, 4.69) is 167 Å². The molecule has 0 aliphatic heterocycles.